The van der Waals surface area contributed by atoms with Crippen LogP contribution in [-0.4, -0.2) is 43.9 Å². The maximum Gasteiger partial charge on any atom is 0.304 e. The topological polar surface area (TPSA) is 111 Å². The van der Waals surface area contributed by atoms with Crippen molar-refractivity contribution < 1.29 is 18.3 Å². The Morgan fingerprint density at radius 3 is 2.62 bits per heavy atom. The summed E-state index contributed by atoms with van der Waals surface area (Å²) in [7, 11) is -2.41. The summed E-state index contributed by atoms with van der Waals surface area (Å²) in [5.41, 5.74) is 0. The molecule has 0 bridgehead atoms. The van der Waals surface area contributed by atoms with Crippen LogP contribution in [0.2, 0.25) is 0 Å². The Labute approximate surface area is 94.8 Å². The molecule has 0 aromatic rings. The van der Waals surface area contributed by atoms with Crippen LogP contribution in [0, 0.1) is 17.2 Å². The minimum absolute atomic E-state index is 0.0102. The fourth-order valence-corrected chi connectivity index (χ4v) is 1.77. The second kappa shape index (κ2) is 6.42. The number of carboxylic acids is 1. The van der Waals surface area contributed by atoms with Gasteiger partial charge in [-0.25, -0.2) is 4.72 Å². The van der Waals surface area contributed by atoms with Gasteiger partial charge in [-0.3, -0.25) is 4.79 Å². The van der Waals surface area contributed by atoms with E-state index < -0.39 is 22.1 Å². The number of hydrogen-bond acceptors (Lipinski definition) is 4. The summed E-state index contributed by atoms with van der Waals surface area (Å²) in [5, 5.41) is 16.9. The maximum absolute atomic E-state index is 11.5. The summed E-state index contributed by atoms with van der Waals surface area (Å²) in [4.78, 5) is 10.3. The second-order valence-electron chi connectivity index (χ2n) is 3.35. The number of nitriles is 1. The summed E-state index contributed by atoms with van der Waals surface area (Å²) >= 11 is 0. The summed E-state index contributed by atoms with van der Waals surface area (Å²) in [5.74, 6) is -1.49. The number of carboxylic acid groups (broad SMARTS) is 1. The van der Waals surface area contributed by atoms with E-state index in [1.807, 2.05) is 6.07 Å². The molecule has 0 heterocycles. The van der Waals surface area contributed by atoms with Gasteiger partial charge in [0.05, 0.1) is 18.4 Å². The van der Waals surface area contributed by atoms with Crippen LogP contribution in [0.25, 0.3) is 0 Å². The van der Waals surface area contributed by atoms with Crippen LogP contribution in [0.1, 0.15) is 13.3 Å². The monoisotopic (exact) mass is 249 g/mol. The van der Waals surface area contributed by atoms with Crippen molar-refractivity contribution in [1.82, 2.24) is 9.03 Å². The second-order valence-corrected chi connectivity index (χ2v) is 5.21. The van der Waals surface area contributed by atoms with Crippen molar-refractivity contribution in [3.63, 3.8) is 0 Å². The van der Waals surface area contributed by atoms with Gasteiger partial charge in [-0.05, 0) is 6.92 Å². The van der Waals surface area contributed by atoms with Crippen molar-refractivity contribution in [3.05, 3.63) is 0 Å². The zero-order valence-corrected chi connectivity index (χ0v) is 9.99. The lowest BCUT2D eigenvalue weighted by Gasteiger charge is -2.17. The third-order valence-electron chi connectivity index (χ3n) is 1.84. The molecule has 0 amide bonds. The molecule has 2 N–H and O–H groups in total. The molecular weight excluding hydrogens is 234 g/mol. The van der Waals surface area contributed by atoms with E-state index in [0.29, 0.717) is 0 Å². The van der Waals surface area contributed by atoms with E-state index in [1.54, 1.807) is 6.92 Å². The molecule has 0 spiro atoms. The molecule has 92 valence electrons. The predicted molar refractivity (Wildman–Crippen MR) is 56.6 cm³/mol. The molecular formula is C8H15N3O4S. The molecule has 16 heavy (non-hydrogen) atoms. The third-order valence-corrected chi connectivity index (χ3v) is 3.38. The van der Waals surface area contributed by atoms with E-state index in [4.69, 9.17) is 10.4 Å². The molecule has 0 radical (unpaired) electrons. The van der Waals surface area contributed by atoms with Crippen LogP contribution >= 0.6 is 0 Å². The number of aliphatic carboxylic acids is 1. The Kier molecular flexibility index (Phi) is 5.95. The van der Waals surface area contributed by atoms with Crippen molar-refractivity contribution in [2.24, 2.45) is 5.92 Å². The molecule has 1 unspecified atom stereocenters. The molecule has 7 nitrogen and oxygen atoms in total. The molecule has 0 saturated carbocycles. The number of hydrogen-bond donors (Lipinski definition) is 2. The number of carbonyl (C=O) groups is 1. The lowest BCUT2D eigenvalue weighted by atomic mass is 10.2. The predicted octanol–water partition coefficient (Wildman–Crippen LogP) is -0.613. The number of rotatable bonds is 7. The van der Waals surface area contributed by atoms with Gasteiger partial charge in [-0.2, -0.15) is 18.0 Å². The van der Waals surface area contributed by atoms with Crippen LogP contribution in [0.3, 0.4) is 0 Å². The van der Waals surface area contributed by atoms with E-state index >= 15 is 0 Å². The highest BCUT2D eigenvalue weighted by atomic mass is 32.2. The Hall–Kier alpha value is -1.17. The molecule has 0 aromatic heterocycles. The summed E-state index contributed by atoms with van der Waals surface area (Å²) in [6.45, 7) is 1.49. The van der Waals surface area contributed by atoms with E-state index in [-0.39, 0.29) is 19.5 Å². The van der Waals surface area contributed by atoms with Gasteiger partial charge in [0.25, 0.3) is 10.2 Å². The average molecular weight is 249 g/mol. The highest BCUT2D eigenvalue weighted by Gasteiger charge is 2.18. The zero-order chi connectivity index (χ0) is 12.8. The SMILES string of the molecule is CC(C#N)CNS(=O)(=O)N(C)CCC(=O)O. The Morgan fingerprint density at radius 2 is 2.19 bits per heavy atom. The van der Waals surface area contributed by atoms with Gasteiger partial charge in [0.15, 0.2) is 0 Å². The van der Waals surface area contributed by atoms with Crippen LogP contribution < -0.4 is 4.72 Å². The van der Waals surface area contributed by atoms with Crippen molar-refractivity contribution in [1.29, 1.82) is 5.26 Å². The van der Waals surface area contributed by atoms with E-state index in [9.17, 15) is 13.2 Å². The van der Waals surface area contributed by atoms with Gasteiger partial charge in [-0.15, -0.1) is 0 Å². The highest BCUT2D eigenvalue weighted by Crippen LogP contribution is 1.97. The van der Waals surface area contributed by atoms with Gasteiger partial charge in [-0.1, -0.05) is 0 Å². The molecule has 0 aliphatic carbocycles. The lowest BCUT2D eigenvalue weighted by Crippen LogP contribution is -2.40. The fourth-order valence-electron chi connectivity index (χ4n) is 0.759. The Bertz CT molecular complexity index is 373. The quantitative estimate of drug-likeness (QED) is 0.625. The summed E-state index contributed by atoms with van der Waals surface area (Å²) < 4.78 is 26.1. The van der Waals surface area contributed by atoms with Crippen molar-refractivity contribution >= 4 is 16.2 Å². The summed E-state index contributed by atoms with van der Waals surface area (Å²) in [6, 6.07) is 1.89. The standard InChI is InChI=1S/C8H15N3O4S/c1-7(5-9)6-10-16(14,15)11(2)4-3-8(12)13/h7,10H,3-4,6H2,1-2H3,(H,12,13). The van der Waals surface area contributed by atoms with Crippen LogP contribution in [-0.2, 0) is 15.0 Å². The average Bonchev–Trinajstić information content (AvgIpc) is 2.22. The Morgan fingerprint density at radius 1 is 1.62 bits per heavy atom. The summed E-state index contributed by atoms with van der Waals surface area (Å²) in [6.07, 6.45) is -0.259. The van der Waals surface area contributed by atoms with Gasteiger partial charge in [0.1, 0.15) is 0 Å². The smallest absolute Gasteiger partial charge is 0.304 e. The normalized spacial score (nSPS) is 13.4. The van der Waals surface area contributed by atoms with Crippen molar-refractivity contribution in [2.45, 2.75) is 13.3 Å². The number of nitrogens with one attached hydrogen (secondary N) is 1. The molecule has 8 heteroatoms. The molecule has 1 atom stereocenters. The van der Waals surface area contributed by atoms with E-state index in [1.165, 1.54) is 7.05 Å². The first-order chi connectivity index (χ1) is 7.29. The molecule has 0 aromatic carbocycles. The number of nitrogens with zero attached hydrogens (tertiary/aromatic N) is 2. The van der Waals surface area contributed by atoms with Crippen LogP contribution in [0.5, 0.6) is 0 Å². The highest BCUT2D eigenvalue weighted by molar-refractivity contribution is 7.87. The molecule has 0 aliphatic rings. The molecule has 0 fully saturated rings. The van der Waals surface area contributed by atoms with E-state index in [2.05, 4.69) is 4.72 Å². The van der Waals surface area contributed by atoms with Gasteiger partial charge in [0.2, 0.25) is 0 Å². The van der Waals surface area contributed by atoms with Gasteiger partial charge in [0, 0.05) is 20.1 Å². The van der Waals surface area contributed by atoms with Crippen LogP contribution in [0.15, 0.2) is 0 Å². The first-order valence-electron chi connectivity index (χ1n) is 4.62. The molecule has 0 aliphatic heterocycles. The first-order valence-corrected chi connectivity index (χ1v) is 6.06. The molecule has 0 saturated heterocycles. The zero-order valence-electron chi connectivity index (χ0n) is 9.17. The van der Waals surface area contributed by atoms with Crippen molar-refractivity contribution in [3.8, 4) is 6.07 Å². The minimum Gasteiger partial charge on any atom is -0.481 e. The van der Waals surface area contributed by atoms with Gasteiger partial charge < -0.3 is 5.11 Å². The fraction of sp³-hybridized carbons (Fsp3) is 0.750. The van der Waals surface area contributed by atoms with Crippen molar-refractivity contribution in [2.75, 3.05) is 20.1 Å². The third kappa shape index (κ3) is 5.65. The van der Waals surface area contributed by atoms with Crippen LogP contribution in [0.4, 0.5) is 0 Å². The lowest BCUT2D eigenvalue weighted by molar-refractivity contribution is -0.137. The Balaban J connectivity index is 4.22. The largest absolute Gasteiger partial charge is 0.481 e. The maximum atomic E-state index is 11.5. The first kappa shape index (κ1) is 14.8. The van der Waals surface area contributed by atoms with E-state index in [0.717, 1.165) is 4.31 Å². The minimum atomic E-state index is -3.69. The van der Waals surface area contributed by atoms with Gasteiger partial charge >= 0.3 is 5.97 Å². The molecule has 0 rings (SSSR count).